The molecule has 0 fully saturated rings. The van der Waals surface area contributed by atoms with Crippen molar-refractivity contribution >= 4 is 39.3 Å². The van der Waals surface area contributed by atoms with Crippen LogP contribution < -0.4 is 5.32 Å². The minimum absolute atomic E-state index is 0.797. The summed E-state index contributed by atoms with van der Waals surface area (Å²) < 4.78 is 1.23. The predicted octanol–water partition coefficient (Wildman–Crippen LogP) is 3.78. The molecule has 0 atom stereocenters. The highest BCUT2D eigenvalue weighted by Crippen LogP contribution is 2.20. The van der Waals surface area contributed by atoms with Crippen molar-refractivity contribution < 1.29 is 0 Å². The van der Waals surface area contributed by atoms with Gasteiger partial charge in [-0.05, 0) is 52.4 Å². The van der Waals surface area contributed by atoms with Crippen LogP contribution in [-0.4, -0.2) is 9.97 Å². The van der Waals surface area contributed by atoms with Gasteiger partial charge in [-0.2, -0.15) is 0 Å². The Labute approximate surface area is 119 Å². The van der Waals surface area contributed by atoms with Crippen molar-refractivity contribution in [3.63, 3.8) is 0 Å². The molecule has 2 heterocycles. The Kier molecular flexibility index (Phi) is 3.19. The maximum absolute atomic E-state index is 4.29. The second-order valence-corrected chi connectivity index (χ2v) is 5.21. The van der Waals surface area contributed by atoms with E-state index in [2.05, 4.69) is 56.1 Å². The van der Waals surface area contributed by atoms with Gasteiger partial charge in [-0.15, -0.1) is 0 Å². The zero-order valence-electron chi connectivity index (χ0n) is 9.65. The summed E-state index contributed by atoms with van der Waals surface area (Å²) >= 11 is 2.34. The van der Waals surface area contributed by atoms with E-state index < -0.39 is 0 Å². The molecule has 0 aliphatic rings. The third-order valence-corrected chi connectivity index (χ3v) is 3.82. The van der Waals surface area contributed by atoms with E-state index >= 15 is 0 Å². The number of para-hydroxylation sites is 1. The number of pyridine rings is 1. The van der Waals surface area contributed by atoms with Gasteiger partial charge < -0.3 is 10.3 Å². The molecule has 0 aliphatic heterocycles. The van der Waals surface area contributed by atoms with Crippen LogP contribution in [0.2, 0.25) is 0 Å². The highest BCUT2D eigenvalue weighted by atomic mass is 127. The van der Waals surface area contributed by atoms with Gasteiger partial charge in [0.1, 0.15) is 5.65 Å². The summed E-state index contributed by atoms with van der Waals surface area (Å²) in [6, 6.07) is 12.3. The standard InChI is InChI=1S/C14H12IN3/c15-12-5-1-2-6-13(12)17-8-10-9-18-14-11(10)4-3-7-16-14/h1-7,9,17H,8H2,(H,16,18). The first-order valence-corrected chi connectivity index (χ1v) is 6.82. The Hall–Kier alpha value is -1.56. The number of nitrogens with one attached hydrogen (secondary N) is 2. The molecule has 0 bridgehead atoms. The second-order valence-electron chi connectivity index (χ2n) is 4.05. The normalized spacial score (nSPS) is 10.7. The summed E-state index contributed by atoms with van der Waals surface area (Å²) in [4.78, 5) is 7.48. The Balaban J connectivity index is 1.83. The van der Waals surface area contributed by atoms with Crippen LogP contribution in [0.3, 0.4) is 0 Å². The Morgan fingerprint density at radius 3 is 2.94 bits per heavy atom. The molecule has 0 unspecified atom stereocenters. The smallest absolute Gasteiger partial charge is 0.137 e. The van der Waals surface area contributed by atoms with Gasteiger partial charge >= 0.3 is 0 Å². The van der Waals surface area contributed by atoms with Crippen LogP contribution in [0.4, 0.5) is 5.69 Å². The lowest BCUT2D eigenvalue weighted by Crippen LogP contribution is -2.00. The summed E-state index contributed by atoms with van der Waals surface area (Å²) in [7, 11) is 0. The number of benzene rings is 1. The van der Waals surface area contributed by atoms with E-state index in [1.54, 1.807) is 6.20 Å². The predicted molar refractivity (Wildman–Crippen MR) is 82.6 cm³/mol. The first-order valence-electron chi connectivity index (χ1n) is 5.74. The fourth-order valence-electron chi connectivity index (χ4n) is 1.95. The third kappa shape index (κ3) is 2.20. The lowest BCUT2D eigenvalue weighted by molar-refractivity contribution is 1.16. The SMILES string of the molecule is Ic1ccccc1NCc1c[nH]c2ncccc12. The van der Waals surface area contributed by atoms with Crippen LogP contribution in [-0.2, 0) is 6.54 Å². The van der Waals surface area contributed by atoms with Crippen LogP contribution in [0.5, 0.6) is 0 Å². The van der Waals surface area contributed by atoms with Crippen molar-refractivity contribution in [1.82, 2.24) is 9.97 Å². The molecule has 3 aromatic rings. The summed E-state index contributed by atoms with van der Waals surface area (Å²) in [5.41, 5.74) is 3.34. The Morgan fingerprint density at radius 1 is 1.17 bits per heavy atom. The van der Waals surface area contributed by atoms with Gasteiger partial charge in [0.05, 0.1) is 0 Å². The van der Waals surface area contributed by atoms with Gasteiger partial charge in [-0.25, -0.2) is 4.98 Å². The lowest BCUT2D eigenvalue weighted by atomic mass is 10.2. The van der Waals surface area contributed by atoms with Crippen molar-refractivity contribution in [3.05, 3.63) is 57.9 Å². The van der Waals surface area contributed by atoms with Crippen LogP contribution in [0.25, 0.3) is 11.0 Å². The molecule has 0 spiro atoms. The summed E-state index contributed by atoms with van der Waals surface area (Å²) in [6.07, 6.45) is 3.82. The molecule has 18 heavy (non-hydrogen) atoms. The molecule has 0 radical (unpaired) electrons. The number of nitrogens with zero attached hydrogens (tertiary/aromatic N) is 1. The first kappa shape index (κ1) is 11.5. The second kappa shape index (κ2) is 4.97. The number of hydrogen-bond donors (Lipinski definition) is 2. The van der Waals surface area contributed by atoms with Crippen molar-refractivity contribution in [1.29, 1.82) is 0 Å². The average Bonchev–Trinajstić information content (AvgIpc) is 2.81. The number of hydrogen-bond acceptors (Lipinski definition) is 2. The fraction of sp³-hybridized carbons (Fsp3) is 0.0714. The monoisotopic (exact) mass is 349 g/mol. The summed E-state index contributed by atoms with van der Waals surface area (Å²) in [6.45, 7) is 0.797. The number of aromatic nitrogens is 2. The number of anilines is 1. The molecule has 90 valence electrons. The Morgan fingerprint density at radius 2 is 2.06 bits per heavy atom. The fourth-order valence-corrected chi connectivity index (χ4v) is 2.53. The van der Waals surface area contributed by atoms with Gasteiger partial charge in [-0.1, -0.05) is 12.1 Å². The van der Waals surface area contributed by atoms with E-state index in [0.717, 1.165) is 17.9 Å². The first-order chi connectivity index (χ1) is 8.84. The summed E-state index contributed by atoms with van der Waals surface area (Å²) in [5.74, 6) is 0. The number of aromatic amines is 1. The zero-order valence-corrected chi connectivity index (χ0v) is 11.8. The van der Waals surface area contributed by atoms with Gasteiger partial charge in [0.15, 0.2) is 0 Å². The zero-order chi connectivity index (χ0) is 12.4. The number of H-pyrrole nitrogens is 1. The van der Waals surface area contributed by atoms with Gasteiger partial charge in [0.25, 0.3) is 0 Å². The molecule has 0 saturated heterocycles. The molecule has 2 aromatic heterocycles. The molecular weight excluding hydrogens is 337 g/mol. The van der Waals surface area contributed by atoms with E-state index in [1.165, 1.54) is 14.5 Å². The highest BCUT2D eigenvalue weighted by Gasteiger charge is 2.04. The van der Waals surface area contributed by atoms with Crippen molar-refractivity contribution in [3.8, 4) is 0 Å². The van der Waals surface area contributed by atoms with Gasteiger partial charge in [-0.3, -0.25) is 0 Å². The maximum atomic E-state index is 4.29. The molecule has 2 N–H and O–H groups in total. The minimum Gasteiger partial charge on any atom is -0.380 e. The molecule has 0 aliphatic carbocycles. The van der Waals surface area contributed by atoms with E-state index in [4.69, 9.17) is 0 Å². The number of halogens is 1. The molecule has 3 nitrogen and oxygen atoms in total. The summed E-state index contributed by atoms with van der Waals surface area (Å²) in [5, 5.41) is 4.63. The molecule has 0 saturated carbocycles. The van der Waals surface area contributed by atoms with E-state index in [9.17, 15) is 0 Å². The molecule has 0 amide bonds. The van der Waals surface area contributed by atoms with E-state index in [0.29, 0.717) is 0 Å². The maximum Gasteiger partial charge on any atom is 0.137 e. The van der Waals surface area contributed by atoms with Crippen LogP contribution in [0, 0.1) is 3.57 Å². The molecular formula is C14H12IN3. The van der Waals surface area contributed by atoms with Crippen molar-refractivity contribution in [2.24, 2.45) is 0 Å². The highest BCUT2D eigenvalue weighted by molar-refractivity contribution is 14.1. The molecule has 1 aromatic carbocycles. The Bertz CT molecular complexity index is 675. The lowest BCUT2D eigenvalue weighted by Gasteiger charge is -2.07. The van der Waals surface area contributed by atoms with E-state index in [-0.39, 0.29) is 0 Å². The average molecular weight is 349 g/mol. The minimum atomic E-state index is 0.797. The number of fused-ring (bicyclic) bond motifs is 1. The van der Waals surface area contributed by atoms with Crippen LogP contribution >= 0.6 is 22.6 Å². The van der Waals surface area contributed by atoms with Gasteiger partial charge in [0, 0.05) is 33.6 Å². The van der Waals surface area contributed by atoms with Crippen LogP contribution in [0.1, 0.15) is 5.56 Å². The molecule has 4 heteroatoms. The van der Waals surface area contributed by atoms with E-state index in [1.807, 2.05) is 24.4 Å². The van der Waals surface area contributed by atoms with Gasteiger partial charge in [0.2, 0.25) is 0 Å². The largest absolute Gasteiger partial charge is 0.380 e. The quantitative estimate of drug-likeness (QED) is 0.707. The third-order valence-electron chi connectivity index (χ3n) is 2.88. The number of rotatable bonds is 3. The van der Waals surface area contributed by atoms with Crippen molar-refractivity contribution in [2.45, 2.75) is 6.54 Å². The van der Waals surface area contributed by atoms with Crippen molar-refractivity contribution in [2.75, 3.05) is 5.32 Å². The molecule has 3 rings (SSSR count). The topological polar surface area (TPSA) is 40.7 Å². The van der Waals surface area contributed by atoms with Crippen LogP contribution in [0.15, 0.2) is 48.8 Å².